The van der Waals surface area contributed by atoms with Crippen molar-refractivity contribution in [3.8, 4) is 5.75 Å². The summed E-state index contributed by atoms with van der Waals surface area (Å²) in [6.45, 7) is 2.17. The lowest BCUT2D eigenvalue weighted by atomic mass is 9.85. The number of nitrogens with zero attached hydrogens (tertiary/aromatic N) is 2. The molecule has 6 heteroatoms. The summed E-state index contributed by atoms with van der Waals surface area (Å²) < 4.78 is 0. The minimum Gasteiger partial charge on any atom is -0.508 e. The van der Waals surface area contributed by atoms with Gasteiger partial charge in [0.1, 0.15) is 12.2 Å². The molecule has 2 saturated heterocycles. The van der Waals surface area contributed by atoms with Crippen molar-refractivity contribution in [3.05, 3.63) is 29.8 Å². The lowest BCUT2D eigenvalue weighted by Gasteiger charge is -2.40. The van der Waals surface area contributed by atoms with E-state index in [-0.39, 0.29) is 5.91 Å². The van der Waals surface area contributed by atoms with Crippen LogP contribution in [0, 0.1) is 5.92 Å². The van der Waals surface area contributed by atoms with Gasteiger partial charge in [0.05, 0.1) is 0 Å². The Morgan fingerprint density at radius 2 is 1.74 bits per heavy atom. The fourth-order valence-corrected chi connectivity index (χ4v) is 6.17. The van der Waals surface area contributed by atoms with Crippen LogP contribution in [0.25, 0.3) is 0 Å². The first-order chi connectivity index (χ1) is 15.0. The SMILES string of the molecule is O=C(O)CC(=O)N(CCN1[C@@H]2CC[C@H]1C[C@@H](c1cccc(O)c1)C2)CC1CCCCC1. The molecule has 2 aliphatic heterocycles. The van der Waals surface area contributed by atoms with Gasteiger partial charge < -0.3 is 15.1 Å². The number of phenolic OH excluding ortho intramolecular Hbond substituents is 1. The van der Waals surface area contributed by atoms with Crippen molar-refractivity contribution in [1.82, 2.24) is 9.80 Å². The molecule has 2 heterocycles. The highest BCUT2D eigenvalue weighted by Gasteiger charge is 2.41. The third-order valence-corrected chi connectivity index (χ3v) is 7.71. The molecule has 6 nitrogen and oxygen atoms in total. The molecule has 1 aromatic carbocycles. The summed E-state index contributed by atoms with van der Waals surface area (Å²) in [6.07, 6.45) is 10.2. The van der Waals surface area contributed by atoms with Crippen molar-refractivity contribution >= 4 is 11.9 Å². The number of hydrogen-bond acceptors (Lipinski definition) is 4. The number of benzene rings is 1. The average molecular weight is 429 g/mol. The lowest BCUT2D eigenvalue weighted by molar-refractivity contribution is -0.144. The number of rotatable bonds is 8. The smallest absolute Gasteiger partial charge is 0.312 e. The predicted molar refractivity (Wildman–Crippen MR) is 119 cm³/mol. The summed E-state index contributed by atoms with van der Waals surface area (Å²) in [5.41, 5.74) is 1.23. The van der Waals surface area contributed by atoms with Crippen LogP contribution in [0.5, 0.6) is 5.75 Å². The van der Waals surface area contributed by atoms with Crippen LogP contribution < -0.4 is 0 Å². The van der Waals surface area contributed by atoms with E-state index in [4.69, 9.17) is 5.11 Å². The van der Waals surface area contributed by atoms with Gasteiger partial charge in [-0.05, 0) is 68.1 Å². The number of aliphatic carboxylic acids is 1. The minimum atomic E-state index is -1.04. The summed E-state index contributed by atoms with van der Waals surface area (Å²) >= 11 is 0. The Hall–Kier alpha value is -2.08. The van der Waals surface area contributed by atoms with Gasteiger partial charge in [-0.1, -0.05) is 31.4 Å². The van der Waals surface area contributed by atoms with Crippen molar-refractivity contribution < 1.29 is 19.8 Å². The van der Waals surface area contributed by atoms with Crippen molar-refractivity contribution in [3.63, 3.8) is 0 Å². The lowest BCUT2D eigenvalue weighted by Crippen LogP contribution is -2.48. The third kappa shape index (κ3) is 5.59. The molecule has 1 amide bonds. The van der Waals surface area contributed by atoms with Crippen LogP contribution in [0.4, 0.5) is 0 Å². The molecule has 2 N–H and O–H groups in total. The molecule has 0 radical (unpaired) electrons. The van der Waals surface area contributed by atoms with Gasteiger partial charge >= 0.3 is 5.97 Å². The topological polar surface area (TPSA) is 81.1 Å². The molecular formula is C25H36N2O4. The molecule has 1 aromatic rings. The van der Waals surface area contributed by atoms with Crippen LogP contribution in [0.1, 0.15) is 75.7 Å². The van der Waals surface area contributed by atoms with E-state index in [1.165, 1.54) is 37.7 Å². The summed E-state index contributed by atoms with van der Waals surface area (Å²) in [5.74, 6) is 0.0563. The van der Waals surface area contributed by atoms with E-state index in [1.54, 1.807) is 6.07 Å². The molecule has 170 valence electrons. The number of carbonyl (C=O) groups is 2. The van der Waals surface area contributed by atoms with E-state index < -0.39 is 12.4 Å². The highest BCUT2D eigenvalue weighted by Crippen LogP contribution is 2.43. The molecule has 0 aromatic heterocycles. The molecule has 1 saturated carbocycles. The molecule has 1 aliphatic carbocycles. The van der Waals surface area contributed by atoms with Gasteiger partial charge in [0.25, 0.3) is 0 Å². The summed E-state index contributed by atoms with van der Waals surface area (Å²) in [5, 5.41) is 19.0. The average Bonchev–Trinajstić information content (AvgIpc) is 2.98. The Morgan fingerprint density at radius 1 is 1.03 bits per heavy atom. The molecule has 3 fully saturated rings. The predicted octanol–water partition coefficient (Wildman–Crippen LogP) is 3.99. The maximum absolute atomic E-state index is 12.7. The third-order valence-electron chi connectivity index (χ3n) is 7.71. The zero-order valence-electron chi connectivity index (χ0n) is 18.4. The molecule has 2 bridgehead atoms. The molecule has 31 heavy (non-hydrogen) atoms. The summed E-state index contributed by atoms with van der Waals surface area (Å²) in [4.78, 5) is 28.2. The molecule has 4 rings (SSSR count). The number of amides is 1. The standard InChI is InChI=1S/C25H36N2O4/c28-23-8-4-7-19(15-23)20-13-21-9-10-22(14-20)27(21)12-11-26(24(29)16-25(30)31)17-18-5-2-1-3-6-18/h4,7-8,15,18,20-22,28H,1-3,5-6,9-14,16-17H2,(H,30,31)/t20-,21+,22-. The fraction of sp³-hybridized carbons (Fsp3) is 0.680. The first-order valence-corrected chi connectivity index (χ1v) is 12.0. The van der Waals surface area contributed by atoms with Gasteiger partial charge in [0, 0.05) is 31.7 Å². The van der Waals surface area contributed by atoms with Gasteiger partial charge in [-0.2, -0.15) is 0 Å². The van der Waals surface area contributed by atoms with Gasteiger partial charge in [0.2, 0.25) is 5.91 Å². The van der Waals surface area contributed by atoms with Gasteiger partial charge in [0.15, 0.2) is 0 Å². The quantitative estimate of drug-likeness (QED) is 0.612. The molecule has 0 spiro atoms. The first-order valence-electron chi connectivity index (χ1n) is 12.0. The Bertz CT molecular complexity index is 763. The first kappa shape index (κ1) is 22.1. The molecule has 3 aliphatic rings. The van der Waals surface area contributed by atoms with E-state index in [2.05, 4.69) is 11.0 Å². The van der Waals surface area contributed by atoms with Gasteiger partial charge in [-0.3, -0.25) is 14.5 Å². The zero-order valence-corrected chi connectivity index (χ0v) is 18.4. The molecule has 3 atom stereocenters. The highest BCUT2D eigenvalue weighted by atomic mass is 16.4. The van der Waals surface area contributed by atoms with Crippen molar-refractivity contribution in [2.24, 2.45) is 5.92 Å². The van der Waals surface area contributed by atoms with E-state index >= 15 is 0 Å². The van der Waals surface area contributed by atoms with Crippen molar-refractivity contribution in [2.45, 2.75) is 82.2 Å². The van der Waals surface area contributed by atoms with Crippen LogP contribution in [-0.4, -0.2) is 63.6 Å². The molecular weight excluding hydrogens is 392 g/mol. The number of phenols is 1. The normalized spacial score (nSPS) is 26.6. The number of carbonyl (C=O) groups excluding carboxylic acids is 1. The van der Waals surface area contributed by atoms with Gasteiger partial charge in [-0.25, -0.2) is 0 Å². The monoisotopic (exact) mass is 428 g/mol. The van der Waals surface area contributed by atoms with Crippen LogP contribution in [0.2, 0.25) is 0 Å². The Morgan fingerprint density at radius 3 is 2.39 bits per heavy atom. The summed E-state index contributed by atoms with van der Waals surface area (Å²) in [7, 11) is 0. The maximum Gasteiger partial charge on any atom is 0.312 e. The molecule has 0 unspecified atom stereocenters. The number of piperidine rings is 1. The largest absolute Gasteiger partial charge is 0.508 e. The van der Waals surface area contributed by atoms with Crippen LogP contribution in [0.3, 0.4) is 0 Å². The number of aromatic hydroxyl groups is 1. The van der Waals surface area contributed by atoms with Crippen LogP contribution in [-0.2, 0) is 9.59 Å². The van der Waals surface area contributed by atoms with E-state index in [9.17, 15) is 14.7 Å². The van der Waals surface area contributed by atoms with Crippen molar-refractivity contribution in [1.29, 1.82) is 0 Å². The Balaban J connectivity index is 1.36. The summed E-state index contributed by atoms with van der Waals surface area (Å²) in [6, 6.07) is 8.69. The van der Waals surface area contributed by atoms with Crippen LogP contribution >= 0.6 is 0 Å². The zero-order chi connectivity index (χ0) is 21.8. The van der Waals surface area contributed by atoms with E-state index in [0.29, 0.717) is 42.8 Å². The number of carboxylic acids is 1. The number of fused-ring (bicyclic) bond motifs is 2. The fourth-order valence-electron chi connectivity index (χ4n) is 6.17. The van der Waals surface area contributed by atoms with Gasteiger partial charge in [-0.15, -0.1) is 0 Å². The number of hydrogen-bond donors (Lipinski definition) is 2. The second-order valence-electron chi connectivity index (χ2n) is 9.80. The number of carboxylic acid groups (broad SMARTS) is 1. The minimum absolute atomic E-state index is 0.236. The van der Waals surface area contributed by atoms with E-state index in [0.717, 1.165) is 32.2 Å². The van der Waals surface area contributed by atoms with E-state index in [1.807, 2.05) is 17.0 Å². The Labute approximate surface area is 185 Å². The Kier molecular flexibility index (Phi) is 7.16. The second-order valence-corrected chi connectivity index (χ2v) is 9.80. The highest BCUT2D eigenvalue weighted by molar-refractivity contribution is 5.93. The van der Waals surface area contributed by atoms with Crippen molar-refractivity contribution in [2.75, 3.05) is 19.6 Å². The maximum atomic E-state index is 12.7. The second kappa shape index (κ2) is 10.0. The van der Waals surface area contributed by atoms with Crippen LogP contribution in [0.15, 0.2) is 24.3 Å².